The van der Waals surface area contributed by atoms with Crippen molar-refractivity contribution in [3.05, 3.63) is 29.8 Å². The number of hydrogen-bond donors (Lipinski definition) is 2. The van der Waals surface area contributed by atoms with Crippen LogP contribution in [0.4, 0.5) is 4.79 Å². The lowest BCUT2D eigenvalue weighted by molar-refractivity contribution is 0.0511. The molecule has 0 aliphatic rings. The Labute approximate surface area is 125 Å². The number of rotatable bonds is 6. The summed E-state index contributed by atoms with van der Waals surface area (Å²) < 4.78 is 10.5. The Morgan fingerprint density at radius 3 is 2.57 bits per heavy atom. The van der Waals surface area contributed by atoms with E-state index in [1.54, 1.807) is 7.11 Å². The highest BCUT2D eigenvalue weighted by atomic mass is 16.6. The van der Waals surface area contributed by atoms with Crippen molar-refractivity contribution in [2.45, 2.75) is 32.3 Å². The van der Waals surface area contributed by atoms with E-state index in [9.17, 15) is 4.79 Å². The Morgan fingerprint density at radius 2 is 2.00 bits per heavy atom. The van der Waals surface area contributed by atoms with Crippen LogP contribution < -0.4 is 16.0 Å². The Kier molecular flexibility index (Phi) is 6.45. The van der Waals surface area contributed by atoms with Crippen LogP contribution in [0.15, 0.2) is 24.3 Å². The number of amides is 1. The quantitative estimate of drug-likeness (QED) is 0.786. The van der Waals surface area contributed by atoms with Gasteiger partial charge < -0.3 is 19.6 Å². The molecule has 0 spiro atoms. The molecule has 6 heteroatoms. The Bertz CT molecular complexity index is 457. The van der Waals surface area contributed by atoms with Gasteiger partial charge in [0.2, 0.25) is 0 Å². The van der Waals surface area contributed by atoms with Crippen molar-refractivity contribution in [1.82, 2.24) is 5.32 Å². The molecule has 0 aliphatic carbocycles. The first kappa shape index (κ1) is 17.3. The molecule has 6 nitrogen and oxygen atoms in total. The fourth-order valence-electron chi connectivity index (χ4n) is 1.90. The largest absolute Gasteiger partial charge is 0.496 e. The molecule has 1 aromatic rings. The third kappa shape index (κ3) is 6.01. The maximum absolute atomic E-state index is 11.7. The molecule has 0 aliphatic heterocycles. The lowest BCUT2D eigenvalue weighted by Gasteiger charge is -2.22. The maximum atomic E-state index is 11.7. The van der Waals surface area contributed by atoms with Gasteiger partial charge in [-0.1, -0.05) is 18.2 Å². The molecule has 0 fully saturated rings. The number of benzene rings is 1. The number of nitrogens with two attached hydrogens (primary N) is 1. The fraction of sp³-hybridized carbons (Fsp3) is 0.533. The minimum Gasteiger partial charge on any atom is -0.496 e. The molecule has 1 unspecified atom stereocenters. The first-order valence-corrected chi connectivity index (χ1v) is 6.79. The van der Waals surface area contributed by atoms with Crippen molar-refractivity contribution in [2.24, 2.45) is 5.90 Å². The van der Waals surface area contributed by atoms with Gasteiger partial charge in [-0.05, 0) is 26.8 Å². The topological polar surface area (TPSA) is 82.8 Å². The number of nitrogens with one attached hydrogen (secondary N) is 1. The van der Waals surface area contributed by atoms with Gasteiger partial charge in [-0.25, -0.2) is 10.7 Å². The summed E-state index contributed by atoms with van der Waals surface area (Å²) in [5, 5.41) is 2.72. The summed E-state index contributed by atoms with van der Waals surface area (Å²) >= 11 is 0. The van der Waals surface area contributed by atoms with E-state index in [1.807, 2.05) is 45.0 Å². The van der Waals surface area contributed by atoms with Gasteiger partial charge in [0, 0.05) is 18.0 Å². The van der Waals surface area contributed by atoms with Crippen LogP contribution in [0.25, 0.3) is 0 Å². The highest BCUT2D eigenvalue weighted by Gasteiger charge is 2.20. The van der Waals surface area contributed by atoms with Crippen LogP contribution in [0.1, 0.15) is 32.3 Å². The molecule has 0 saturated carbocycles. The first-order valence-electron chi connectivity index (χ1n) is 6.79. The number of para-hydroxylation sites is 1. The molecule has 118 valence electrons. The van der Waals surface area contributed by atoms with Crippen LogP contribution in [0.3, 0.4) is 0 Å². The Morgan fingerprint density at radius 1 is 1.33 bits per heavy atom. The molecule has 0 radical (unpaired) electrons. The van der Waals surface area contributed by atoms with Crippen molar-refractivity contribution in [1.29, 1.82) is 0 Å². The van der Waals surface area contributed by atoms with E-state index in [4.69, 9.17) is 20.2 Å². The molecular weight excluding hydrogens is 272 g/mol. The molecule has 3 N–H and O–H groups in total. The van der Waals surface area contributed by atoms with Gasteiger partial charge in [0.25, 0.3) is 0 Å². The van der Waals surface area contributed by atoms with Crippen molar-refractivity contribution >= 4 is 6.09 Å². The van der Waals surface area contributed by atoms with E-state index < -0.39 is 11.7 Å². The fourth-order valence-corrected chi connectivity index (χ4v) is 1.90. The number of alkyl carbamates (subject to hydrolysis) is 1. The normalized spacial score (nSPS) is 12.6. The average molecular weight is 296 g/mol. The molecule has 0 heterocycles. The standard InChI is InChI=1S/C15H24N2O4/c1-15(2,3)21-14(18)17-9-11(10-20-16)12-7-5-6-8-13(12)19-4/h5-8,11H,9-10,16H2,1-4H3,(H,17,18). The number of carbonyl (C=O) groups excluding carboxylic acids is 1. The second-order valence-electron chi connectivity index (χ2n) is 5.65. The van der Waals surface area contributed by atoms with Gasteiger partial charge in [0.15, 0.2) is 0 Å². The summed E-state index contributed by atoms with van der Waals surface area (Å²) in [6.07, 6.45) is -0.473. The SMILES string of the molecule is COc1ccccc1C(CNC(=O)OC(C)(C)C)CON. The molecule has 1 amide bonds. The summed E-state index contributed by atoms with van der Waals surface area (Å²) in [5.74, 6) is 5.78. The molecule has 0 bridgehead atoms. The predicted molar refractivity (Wildman–Crippen MR) is 80.1 cm³/mol. The number of ether oxygens (including phenoxy) is 2. The summed E-state index contributed by atoms with van der Waals surface area (Å²) in [6.45, 7) is 6.04. The lowest BCUT2D eigenvalue weighted by atomic mass is 9.99. The Hall–Kier alpha value is -1.79. The van der Waals surface area contributed by atoms with Gasteiger partial charge in [0.1, 0.15) is 11.4 Å². The third-order valence-electron chi connectivity index (χ3n) is 2.77. The number of methoxy groups -OCH3 is 1. The molecule has 21 heavy (non-hydrogen) atoms. The predicted octanol–water partition coefficient (Wildman–Crippen LogP) is 2.19. The van der Waals surface area contributed by atoms with Crippen LogP contribution in [0.2, 0.25) is 0 Å². The van der Waals surface area contributed by atoms with Crippen LogP contribution >= 0.6 is 0 Å². The zero-order valence-electron chi connectivity index (χ0n) is 13.0. The molecule has 1 rings (SSSR count). The van der Waals surface area contributed by atoms with E-state index in [0.717, 1.165) is 11.3 Å². The van der Waals surface area contributed by atoms with E-state index in [2.05, 4.69) is 5.32 Å². The lowest BCUT2D eigenvalue weighted by Crippen LogP contribution is -2.36. The maximum Gasteiger partial charge on any atom is 0.407 e. The summed E-state index contributed by atoms with van der Waals surface area (Å²) in [5.41, 5.74) is 0.385. The van der Waals surface area contributed by atoms with E-state index in [1.165, 1.54) is 0 Å². The molecule has 1 atom stereocenters. The molecule has 0 aromatic heterocycles. The summed E-state index contributed by atoms with van der Waals surface area (Å²) in [7, 11) is 1.60. The average Bonchev–Trinajstić information content (AvgIpc) is 2.41. The van der Waals surface area contributed by atoms with Crippen LogP contribution in [0.5, 0.6) is 5.75 Å². The first-order chi connectivity index (χ1) is 9.87. The van der Waals surface area contributed by atoms with Crippen molar-refractivity contribution in [2.75, 3.05) is 20.3 Å². The Balaban J connectivity index is 2.72. The summed E-state index contributed by atoms with van der Waals surface area (Å²) in [6, 6.07) is 7.55. The van der Waals surface area contributed by atoms with Gasteiger partial charge in [-0.15, -0.1) is 0 Å². The monoisotopic (exact) mass is 296 g/mol. The van der Waals surface area contributed by atoms with Gasteiger partial charge in [-0.3, -0.25) is 0 Å². The van der Waals surface area contributed by atoms with Crippen LogP contribution in [0, 0.1) is 0 Å². The zero-order valence-corrected chi connectivity index (χ0v) is 13.0. The highest BCUT2D eigenvalue weighted by Crippen LogP contribution is 2.26. The molecular formula is C15H24N2O4. The minimum atomic E-state index is -0.533. The third-order valence-corrected chi connectivity index (χ3v) is 2.77. The van der Waals surface area contributed by atoms with Crippen molar-refractivity contribution < 1.29 is 19.1 Å². The number of hydrogen-bond acceptors (Lipinski definition) is 5. The van der Waals surface area contributed by atoms with Crippen molar-refractivity contribution in [3.8, 4) is 5.75 Å². The van der Waals surface area contributed by atoms with E-state index in [-0.39, 0.29) is 12.5 Å². The molecule has 0 saturated heterocycles. The second-order valence-corrected chi connectivity index (χ2v) is 5.65. The zero-order chi connectivity index (χ0) is 15.9. The smallest absolute Gasteiger partial charge is 0.407 e. The van der Waals surface area contributed by atoms with E-state index >= 15 is 0 Å². The highest BCUT2D eigenvalue weighted by molar-refractivity contribution is 5.67. The van der Waals surface area contributed by atoms with Gasteiger partial charge in [0.05, 0.1) is 13.7 Å². The van der Waals surface area contributed by atoms with Crippen LogP contribution in [-0.2, 0) is 9.57 Å². The van der Waals surface area contributed by atoms with Gasteiger partial charge >= 0.3 is 6.09 Å². The minimum absolute atomic E-state index is 0.126. The number of carbonyl (C=O) groups is 1. The summed E-state index contributed by atoms with van der Waals surface area (Å²) in [4.78, 5) is 16.5. The molecule has 1 aromatic carbocycles. The van der Waals surface area contributed by atoms with E-state index in [0.29, 0.717) is 6.54 Å². The second kappa shape index (κ2) is 7.85. The van der Waals surface area contributed by atoms with Crippen molar-refractivity contribution in [3.63, 3.8) is 0 Å². The van der Waals surface area contributed by atoms with Crippen LogP contribution in [-0.4, -0.2) is 32.0 Å². The van der Waals surface area contributed by atoms with Gasteiger partial charge in [-0.2, -0.15) is 0 Å².